The molecule has 0 aliphatic carbocycles. The quantitative estimate of drug-likeness (QED) is 0.443. The molecule has 0 aliphatic heterocycles. The van der Waals surface area contributed by atoms with Crippen LogP contribution in [0.25, 0.3) is 0 Å². The summed E-state index contributed by atoms with van der Waals surface area (Å²) in [5.74, 6) is 0. The van der Waals surface area contributed by atoms with Crippen molar-refractivity contribution >= 4 is 47.8 Å². The molecule has 1 rings (SSSR count). The predicted octanol–water partition coefficient (Wildman–Crippen LogP) is 4.90. The standard InChI is InChI=1S/C13H17Br3O/c1-2-17-8-7-13(9-14,10-15)11-5-3-4-6-12(11)16/h3-6H,2,7-10H2,1H3. The van der Waals surface area contributed by atoms with Crippen LogP contribution >= 0.6 is 47.8 Å². The SMILES string of the molecule is CCOCCC(CBr)(CBr)c1ccccc1Br. The van der Waals surface area contributed by atoms with Crippen molar-refractivity contribution in [3.63, 3.8) is 0 Å². The van der Waals surface area contributed by atoms with E-state index in [1.54, 1.807) is 0 Å². The number of benzene rings is 1. The molecule has 0 bridgehead atoms. The van der Waals surface area contributed by atoms with Gasteiger partial charge in [-0.3, -0.25) is 0 Å². The zero-order chi connectivity index (χ0) is 12.7. The molecule has 0 fully saturated rings. The van der Waals surface area contributed by atoms with E-state index in [4.69, 9.17) is 4.74 Å². The molecule has 0 amide bonds. The van der Waals surface area contributed by atoms with Crippen molar-refractivity contribution in [1.29, 1.82) is 0 Å². The molecule has 0 heterocycles. The lowest BCUT2D eigenvalue weighted by molar-refractivity contribution is 0.131. The van der Waals surface area contributed by atoms with Gasteiger partial charge in [-0.15, -0.1) is 0 Å². The molecule has 0 N–H and O–H groups in total. The van der Waals surface area contributed by atoms with Crippen LogP contribution in [-0.2, 0) is 10.2 Å². The third kappa shape index (κ3) is 4.05. The lowest BCUT2D eigenvalue weighted by Crippen LogP contribution is -2.32. The summed E-state index contributed by atoms with van der Waals surface area (Å²) in [6, 6.07) is 8.40. The van der Waals surface area contributed by atoms with Gasteiger partial charge in [0.25, 0.3) is 0 Å². The van der Waals surface area contributed by atoms with Crippen LogP contribution < -0.4 is 0 Å². The van der Waals surface area contributed by atoms with E-state index >= 15 is 0 Å². The van der Waals surface area contributed by atoms with Gasteiger partial charge in [-0.05, 0) is 25.0 Å². The fourth-order valence-electron chi connectivity index (χ4n) is 1.75. The highest BCUT2D eigenvalue weighted by Crippen LogP contribution is 2.36. The third-order valence-corrected chi connectivity index (χ3v) is 5.72. The molecule has 0 unspecified atom stereocenters. The van der Waals surface area contributed by atoms with Gasteiger partial charge < -0.3 is 4.74 Å². The van der Waals surface area contributed by atoms with Crippen molar-refractivity contribution in [1.82, 2.24) is 0 Å². The molecule has 1 nitrogen and oxygen atoms in total. The molecule has 17 heavy (non-hydrogen) atoms. The number of ether oxygens (including phenoxy) is 1. The molecule has 0 atom stereocenters. The summed E-state index contributed by atoms with van der Waals surface area (Å²) in [5, 5.41) is 1.84. The topological polar surface area (TPSA) is 9.23 Å². The van der Waals surface area contributed by atoms with Crippen LogP contribution in [0, 0.1) is 0 Å². The monoisotopic (exact) mass is 426 g/mol. The highest BCUT2D eigenvalue weighted by atomic mass is 79.9. The van der Waals surface area contributed by atoms with Gasteiger partial charge in [0, 0.05) is 33.8 Å². The summed E-state index contributed by atoms with van der Waals surface area (Å²) < 4.78 is 6.66. The molecular weight excluding hydrogens is 412 g/mol. The molecule has 96 valence electrons. The Morgan fingerprint density at radius 3 is 2.35 bits per heavy atom. The van der Waals surface area contributed by atoms with Crippen LogP contribution in [0.3, 0.4) is 0 Å². The average molecular weight is 429 g/mol. The van der Waals surface area contributed by atoms with Gasteiger partial charge in [0.1, 0.15) is 0 Å². The second-order valence-corrected chi connectivity index (χ2v) is 5.95. The molecule has 0 aliphatic rings. The summed E-state index contributed by atoms with van der Waals surface area (Å²) in [7, 11) is 0. The first kappa shape index (κ1) is 15.7. The number of alkyl halides is 2. The van der Waals surface area contributed by atoms with Crippen molar-refractivity contribution < 1.29 is 4.74 Å². The molecule has 0 aromatic heterocycles. The highest BCUT2D eigenvalue weighted by molar-refractivity contribution is 9.10. The molecule has 1 aromatic rings. The number of rotatable bonds is 7. The van der Waals surface area contributed by atoms with Crippen LogP contribution in [0.1, 0.15) is 18.9 Å². The lowest BCUT2D eigenvalue weighted by atomic mass is 9.82. The molecule has 0 saturated carbocycles. The van der Waals surface area contributed by atoms with E-state index in [1.165, 1.54) is 5.56 Å². The molecule has 0 radical (unpaired) electrons. The highest BCUT2D eigenvalue weighted by Gasteiger charge is 2.31. The van der Waals surface area contributed by atoms with Gasteiger partial charge in [-0.2, -0.15) is 0 Å². The minimum Gasteiger partial charge on any atom is -0.382 e. The summed E-state index contributed by atoms with van der Waals surface area (Å²) >= 11 is 10.9. The van der Waals surface area contributed by atoms with E-state index in [-0.39, 0.29) is 5.41 Å². The maximum atomic E-state index is 5.50. The van der Waals surface area contributed by atoms with Crippen molar-refractivity contribution in [2.45, 2.75) is 18.8 Å². The van der Waals surface area contributed by atoms with Crippen LogP contribution in [-0.4, -0.2) is 23.9 Å². The van der Waals surface area contributed by atoms with E-state index in [9.17, 15) is 0 Å². The minimum atomic E-state index is 0.0786. The van der Waals surface area contributed by atoms with Crippen LogP contribution in [0.15, 0.2) is 28.7 Å². The maximum absolute atomic E-state index is 5.50. The Hall–Kier alpha value is 0.620. The van der Waals surface area contributed by atoms with E-state index in [0.29, 0.717) is 0 Å². The summed E-state index contributed by atoms with van der Waals surface area (Å²) in [5.41, 5.74) is 1.41. The molecule has 0 spiro atoms. The maximum Gasteiger partial charge on any atom is 0.0475 e. The van der Waals surface area contributed by atoms with E-state index in [1.807, 2.05) is 13.0 Å². The first-order valence-electron chi connectivity index (χ1n) is 5.65. The Morgan fingerprint density at radius 2 is 1.82 bits per heavy atom. The second-order valence-electron chi connectivity index (χ2n) is 3.97. The first-order valence-corrected chi connectivity index (χ1v) is 8.68. The fraction of sp³-hybridized carbons (Fsp3) is 0.538. The Morgan fingerprint density at radius 1 is 1.18 bits per heavy atom. The van der Waals surface area contributed by atoms with E-state index < -0.39 is 0 Å². The average Bonchev–Trinajstić information content (AvgIpc) is 2.36. The Kier molecular flexibility index (Phi) is 7.31. The van der Waals surface area contributed by atoms with Crippen molar-refractivity contribution in [2.75, 3.05) is 23.9 Å². The van der Waals surface area contributed by atoms with Crippen LogP contribution in [0.4, 0.5) is 0 Å². The van der Waals surface area contributed by atoms with Gasteiger partial charge in [-0.1, -0.05) is 66.0 Å². The van der Waals surface area contributed by atoms with Crippen LogP contribution in [0.2, 0.25) is 0 Å². The normalized spacial score (nSPS) is 11.8. The Labute approximate surface area is 129 Å². The van der Waals surface area contributed by atoms with Gasteiger partial charge in [0.05, 0.1) is 0 Å². The third-order valence-electron chi connectivity index (χ3n) is 2.89. The Bertz CT molecular complexity index is 337. The van der Waals surface area contributed by atoms with E-state index in [2.05, 4.69) is 66.0 Å². The second kappa shape index (κ2) is 7.93. The van der Waals surface area contributed by atoms with Crippen LogP contribution in [0.5, 0.6) is 0 Å². The summed E-state index contributed by atoms with van der Waals surface area (Å²) in [6.45, 7) is 3.59. The van der Waals surface area contributed by atoms with Gasteiger partial charge in [0.15, 0.2) is 0 Å². The molecule has 1 aromatic carbocycles. The summed E-state index contributed by atoms with van der Waals surface area (Å²) in [6.07, 6.45) is 1.000. The van der Waals surface area contributed by atoms with Gasteiger partial charge >= 0.3 is 0 Å². The van der Waals surface area contributed by atoms with Crippen molar-refractivity contribution in [3.05, 3.63) is 34.3 Å². The largest absolute Gasteiger partial charge is 0.382 e. The number of hydrogen-bond acceptors (Lipinski definition) is 1. The first-order chi connectivity index (χ1) is 8.20. The predicted molar refractivity (Wildman–Crippen MR) is 84.5 cm³/mol. The van der Waals surface area contributed by atoms with E-state index in [0.717, 1.165) is 34.8 Å². The van der Waals surface area contributed by atoms with Crippen molar-refractivity contribution in [2.24, 2.45) is 0 Å². The minimum absolute atomic E-state index is 0.0786. The number of halogens is 3. The number of hydrogen-bond donors (Lipinski definition) is 0. The Balaban J connectivity index is 2.94. The zero-order valence-electron chi connectivity index (χ0n) is 9.89. The van der Waals surface area contributed by atoms with Gasteiger partial charge in [-0.25, -0.2) is 0 Å². The summed E-state index contributed by atoms with van der Waals surface area (Å²) in [4.78, 5) is 0. The lowest BCUT2D eigenvalue weighted by Gasteiger charge is -2.31. The smallest absolute Gasteiger partial charge is 0.0475 e. The molecule has 4 heteroatoms. The fourth-order valence-corrected chi connectivity index (χ4v) is 4.55. The van der Waals surface area contributed by atoms with Crippen molar-refractivity contribution in [3.8, 4) is 0 Å². The zero-order valence-corrected chi connectivity index (χ0v) is 14.6. The molecular formula is C13H17Br3O. The van der Waals surface area contributed by atoms with Gasteiger partial charge in [0.2, 0.25) is 0 Å². The molecule has 0 saturated heterocycles.